The highest BCUT2D eigenvalue weighted by molar-refractivity contribution is 5.95. The second-order valence-corrected chi connectivity index (χ2v) is 6.69. The Morgan fingerprint density at radius 1 is 1.07 bits per heavy atom. The smallest absolute Gasteiger partial charge is 0.254 e. The van der Waals surface area contributed by atoms with Crippen molar-refractivity contribution in [1.29, 1.82) is 0 Å². The van der Waals surface area contributed by atoms with Gasteiger partial charge < -0.3 is 16.0 Å². The summed E-state index contributed by atoms with van der Waals surface area (Å²) >= 11 is 0. The Kier molecular flexibility index (Phi) is 4.80. The molecule has 3 N–H and O–H groups in total. The molecule has 2 aromatic carbocycles. The minimum Gasteiger partial charge on any atom is -0.339 e. The summed E-state index contributed by atoms with van der Waals surface area (Å²) in [6.45, 7) is 1.19. The predicted octanol–water partition coefficient (Wildman–Crippen LogP) is 2.79. The van der Waals surface area contributed by atoms with Crippen molar-refractivity contribution < 1.29 is 4.79 Å². The van der Waals surface area contributed by atoms with Gasteiger partial charge in [0.15, 0.2) is 0 Å². The van der Waals surface area contributed by atoms with Crippen LogP contribution in [-0.2, 0) is 0 Å². The first-order valence-corrected chi connectivity index (χ1v) is 8.93. The van der Waals surface area contributed by atoms with Gasteiger partial charge in [-0.1, -0.05) is 36.4 Å². The average molecular weight is 359 g/mol. The van der Waals surface area contributed by atoms with Gasteiger partial charge in [-0.05, 0) is 23.8 Å². The first-order valence-electron chi connectivity index (χ1n) is 8.93. The maximum Gasteiger partial charge on any atom is 0.254 e. The Labute approximate surface area is 158 Å². The number of nitrogens with two attached hydrogens (primary N) is 1. The summed E-state index contributed by atoms with van der Waals surface area (Å²) in [7, 11) is 0. The summed E-state index contributed by atoms with van der Waals surface area (Å²) in [6.07, 6.45) is 4.87. The van der Waals surface area contributed by atoms with Gasteiger partial charge in [-0.3, -0.25) is 9.78 Å². The summed E-state index contributed by atoms with van der Waals surface area (Å²) < 4.78 is 0. The molecule has 0 saturated carbocycles. The molecule has 1 aliphatic rings. The van der Waals surface area contributed by atoms with Crippen LogP contribution in [0.3, 0.4) is 0 Å². The van der Waals surface area contributed by atoms with Crippen LogP contribution in [0.25, 0.3) is 0 Å². The minimum atomic E-state index is -0.0581. The number of hydrogen-bond acceptors (Lipinski definition) is 5. The number of amides is 1. The molecule has 1 saturated heterocycles. The van der Waals surface area contributed by atoms with Gasteiger partial charge in [0.05, 0.1) is 6.20 Å². The van der Waals surface area contributed by atoms with E-state index >= 15 is 0 Å². The van der Waals surface area contributed by atoms with Crippen molar-refractivity contribution >= 4 is 17.4 Å². The number of carbonyl (C=O) groups is 1. The van der Waals surface area contributed by atoms with E-state index in [9.17, 15) is 4.79 Å². The van der Waals surface area contributed by atoms with Crippen LogP contribution in [0, 0.1) is 0 Å². The van der Waals surface area contributed by atoms with Gasteiger partial charge in [-0.25, -0.2) is 4.98 Å². The lowest BCUT2D eigenvalue weighted by Gasteiger charge is -2.17. The van der Waals surface area contributed by atoms with E-state index in [4.69, 9.17) is 5.73 Å². The highest BCUT2D eigenvalue weighted by Gasteiger charge is 2.34. The van der Waals surface area contributed by atoms with Crippen LogP contribution in [0.2, 0.25) is 0 Å². The van der Waals surface area contributed by atoms with Crippen LogP contribution >= 0.6 is 0 Å². The summed E-state index contributed by atoms with van der Waals surface area (Å²) in [5.74, 6) is 0.789. The monoisotopic (exact) mass is 359 g/mol. The molecule has 2 heterocycles. The molecule has 6 heteroatoms. The van der Waals surface area contributed by atoms with Crippen LogP contribution in [0.4, 0.5) is 11.5 Å². The summed E-state index contributed by atoms with van der Waals surface area (Å²) in [4.78, 5) is 23.1. The van der Waals surface area contributed by atoms with Crippen molar-refractivity contribution in [2.24, 2.45) is 5.73 Å². The lowest BCUT2D eigenvalue weighted by atomic mass is 9.95. The number of nitrogens with zero attached hydrogens (tertiary/aromatic N) is 3. The Morgan fingerprint density at radius 2 is 1.93 bits per heavy atom. The van der Waals surface area contributed by atoms with E-state index in [-0.39, 0.29) is 17.9 Å². The van der Waals surface area contributed by atoms with Crippen molar-refractivity contribution in [1.82, 2.24) is 14.9 Å². The largest absolute Gasteiger partial charge is 0.339 e. The molecule has 1 aliphatic heterocycles. The van der Waals surface area contributed by atoms with E-state index in [1.54, 1.807) is 18.6 Å². The number of aromatic nitrogens is 2. The van der Waals surface area contributed by atoms with Crippen molar-refractivity contribution in [2.45, 2.75) is 12.0 Å². The Hall–Kier alpha value is -3.25. The third-order valence-electron chi connectivity index (χ3n) is 4.83. The first-order chi connectivity index (χ1) is 13.2. The van der Waals surface area contributed by atoms with Crippen molar-refractivity contribution in [3.63, 3.8) is 0 Å². The zero-order valence-corrected chi connectivity index (χ0v) is 14.8. The molecule has 0 spiro atoms. The average Bonchev–Trinajstić information content (AvgIpc) is 3.11. The van der Waals surface area contributed by atoms with Crippen molar-refractivity contribution in [3.8, 4) is 0 Å². The van der Waals surface area contributed by atoms with E-state index in [1.807, 2.05) is 47.4 Å². The fraction of sp³-hybridized carbons (Fsp3) is 0.190. The molecule has 0 unspecified atom stereocenters. The second-order valence-electron chi connectivity index (χ2n) is 6.69. The molecule has 27 heavy (non-hydrogen) atoms. The molecule has 3 aromatic rings. The third kappa shape index (κ3) is 3.80. The number of benzene rings is 2. The summed E-state index contributed by atoms with van der Waals surface area (Å²) in [5, 5.41) is 3.16. The number of carbonyl (C=O) groups excluding carboxylic acids is 1. The van der Waals surface area contributed by atoms with Gasteiger partial charge in [-0.15, -0.1) is 0 Å². The minimum absolute atomic E-state index is 0.00771. The van der Waals surface area contributed by atoms with Crippen molar-refractivity contribution in [3.05, 3.63) is 84.3 Å². The van der Waals surface area contributed by atoms with Gasteiger partial charge in [0.1, 0.15) is 5.82 Å². The van der Waals surface area contributed by atoms with Crippen LogP contribution in [-0.4, -0.2) is 39.9 Å². The summed E-state index contributed by atoms with van der Waals surface area (Å²) in [6, 6.07) is 17.5. The van der Waals surface area contributed by atoms with Crippen molar-refractivity contribution in [2.75, 3.05) is 18.4 Å². The van der Waals surface area contributed by atoms with Crippen LogP contribution < -0.4 is 11.1 Å². The highest BCUT2D eigenvalue weighted by Crippen LogP contribution is 2.28. The molecular formula is C21H21N5O. The predicted molar refractivity (Wildman–Crippen MR) is 105 cm³/mol. The van der Waals surface area contributed by atoms with Crippen LogP contribution in [0.15, 0.2) is 73.2 Å². The van der Waals surface area contributed by atoms with Gasteiger partial charge >= 0.3 is 0 Å². The lowest BCUT2D eigenvalue weighted by Crippen LogP contribution is -2.32. The zero-order valence-electron chi connectivity index (χ0n) is 14.8. The topological polar surface area (TPSA) is 84.1 Å². The molecule has 0 radical (unpaired) electrons. The molecule has 2 atom stereocenters. The quantitative estimate of drug-likeness (QED) is 0.748. The molecule has 1 aromatic heterocycles. The first kappa shape index (κ1) is 17.2. The van der Waals surface area contributed by atoms with Crippen LogP contribution in [0.1, 0.15) is 21.8 Å². The number of likely N-dealkylation sites (tertiary alicyclic amines) is 1. The Morgan fingerprint density at radius 3 is 2.70 bits per heavy atom. The van der Waals surface area contributed by atoms with Gasteiger partial charge in [0.25, 0.3) is 5.91 Å². The van der Waals surface area contributed by atoms with Gasteiger partial charge in [-0.2, -0.15) is 0 Å². The molecule has 1 fully saturated rings. The molecule has 6 nitrogen and oxygen atoms in total. The normalized spacial score (nSPS) is 19.1. The van der Waals surface area contributed by atoms with E-state index in [2.05, 4.69) is 27.4 Å². The maximum atomic E-state index is 13.0. The van der Waals surface area contributed by atoms with Gasteiger partial charge in [0, 0.05) is 48.7 Å². The Balaban J connectivity index is 1.49. The second kappa shape index (κ2) is 7.55. The standard InChI is InChI=1S/C21H21N5O/c22-19-14-26(13-18(19)15-5-2-1-3-6-15)21(27)16-7-4-8-17(11-16)25-20-12-23-9-10-24-20/h1-12,18-19H,13-14,22H2,(H,24,25)/t18-,19+/m0/s1. The molecular weight excluding hydrogens is 338 g/mol. The number of hydrogen-bond donors (Lipinski definition) is 2. The summed E-state index contributed by atoms with van der Waals surface area (Å²) in [5.41, 5.74) is 8.93. The molecule has 136 valence electrons. The number of anilines is 2. The van der Waals surface area contributed by atoms with E-state index in [0.717, 1.165) is 5.69 Å². The highest BCUT2D eigenvalue weighted by atomic mass is 16.2. The third-order valence-corrected chi connectivity index (χ3v) is 4.83. The van der Waals surface area contributed by atoms with E-state index < -0.39 is 0 Å². The molecule has 0 bridgehead atoms. The number of rotatable bonds is 4. The number of nitrogens with one attached hydrogen (secondary N) is 1. The Bertz CT molecular complexity index is 916. The fourth-order valence-electron chi connectivity index (χ4n) is 3.47. The lowest BCUT2D eigenvalue weighted by molar-refractivity contribution is 0.0789. The van der Waals surface area contributed by atoms with Crippen LogP contribution in [0.5, 0.6) is 0 Å². The molecule has 1 amide bonds. The SMILES string of the molecule is N[C@@H]1CN(C(=O)c2cccc(Nc3cnccn3)c2)C[C@H]1c1ccccc1. The molecule has 0 aliphatic carbocycles. The fourth-order valence-corrected chi connectivity index (χ4v) is 3.47. The maximum absolute atomic E-state index is 13.0. The zero-order chi connectivity index (χ0) is 18.6. The van der Waals surface area contributed by atoms with E-state index in [1.165, 1.54) is 5.56 Å². The molecule has 4 rings (SSSR count). The van der Waals surface area contributed by atoms with Gasteiger partial charge in [0.2, 0.25) is 0 Å². The van der Waals surface area contributed by atoms with E-state index in [0.29, 0.717) is 24.5 Å².